The molecule has 0 aliphatic heterocycles. The molecule has 0 fully saturated rings. The Kier molecular flexibility index (Phi) is 5.45. The van der Waals surface area contributed by atoms with Crippen LogP contribution >= 0.6 is 11.6 Å². The van der Waals surface area contributed by atoms with E-state index in [1.807, 2.05) is 27.7 Å². The molecule has 0 saturated heterocycles. The van der Waals surface area contributed by atoms with Crippen molar-refractivity contribution >= 4 is 17.5 Å². The van der Waals surface area contributed by atoms with Gasteiger partial charge in [0.15, 0.2) is 0 Å². The minimum absolute atomic E-state index is 0.00319. The van der Waals surface area contributed by atoms with Gasteiger partial charge in [0.25, 0.3) is 0 Å². The lowest BCUT2D eigenvalue weighted by molar-refractivity contribution is -0.141. The van der Waals surface area contributed by atoms with E-state index < -0.39 is 5.41 Å². The van der Waals surface area contributed by atoms with E-state index in [1.54, 1.807) is 4.90 Å². The molecule has 14 heavy (non-hydrogen) atoms. The lowest BCUT2D eigenvalue weighted by Crippen LogP contribution is -2.46. The van der Waals surface area contributed by atoms with Crippen LogP contribution in [0.4, 0.5) is 0 Å². The Morgan fingerprint density at radius 1 is 1.50 bits per heavy atom. The molecule has 0 aliphatic rings. The van der Waals surface area contributed by atoms with Crippen LogP contribution in [0.5, 0.6) is 0 Å². The molecule has 0 unspecified atom stereocenters. The second kappa shape index (κ2) is 5.56. The van der Waals surface area contributed by atoms with Gasteiger partial charge in [0.1, 0.15) is 0 Å². The van der Waals surface area contributed by atoms with E-state index in [1.165, 1.54) is 0 Å². The lowest BCUT2D eigenvalue weighted by atomic mass is 9.93. The molecule has 0 heterocycles. The molecule has 0 aliphatic carbocycles. The van der Waals surface area contributed by atoms with Crippen molar-refractivity contribution < 1.29 is 9.90 Å². The highest BCUT2D eigenvalue weighted by atomic mass is 35.5. The second-order valence-electron chi connectivity index (χ2n) is 4.33. The molecule has 0 aromatic carbocycles. The smallest absolute Gasteiger partial charge is 0.229 e. The molecule has 0 aromatic rings. The van der Waals surface area contributed by atoms with Gasteiger partial charge in [-0.3, -0.25) is 4.79 Å². The van der Waals surface area contributed by atoms with Gasteiger partial charge in [-0.25, -0.2) is 0 Å². The summed E-state index contributed by atoms with van der Waals surface area (Å²) in [5.74, 6) is 0.289. The maximum Gasteiger partial charge on any atom is 0.229 e. The summed E-state index contributed by atoms with van der Waals surface area (Å²) < 4.78 is 0. The molecule has 0 bridgehead atoms. The lowest BCUT2D eigenvalue weighted by Gasteiger charge is -2.33. The van der Waals surface area contributed by atoms with Crippen LogP contribution < -0.4 is 0 Å². The van der Waals surface area contributed by atoms with Gasteiger partial charge in [-0.1, -0.05) is 0 Å². The Labute approximate surface area is 91.0 Å². The van der Waals surface area contributed by atoms with E-state index in [0.717, 1.165) is 0 Å². The Bertz CT molecular complexity index is 193. The van der Waals surface area contributed by atoms with Crippen LogP contribution in [0.15, 0.2) is 0 Å². The highest BCUT2D eigenvalue weighted by Crippen LogP contribution is 2.21. The fraction of sp³-hybridized carbons (Fsp3) is 0.900. The minimum atomic E-state index is -0.555. The molecule has 0 atom stereocenters. The Hall–Kier alpha value is -0.280. The molecule has 1 N–H and O–H groups in total. The first-order valence-corrected chi connectivity index (χ1v) is 5.38. The quantitative estimate of drug-likeness (QED) is 0.715. The van der Waals surface area contributed by atoms with Crippen LogP contribution in [-0.4, -0.2) is 41.0 Å². The van der Waals surface area contributed by atoms with Crippen molar-refractivity contribution in [1.82, 2.24) is 4.90 Å². The number of carbonyl (C=O) groups is 1. The van der Waals surface area contributed by atoms with Crippen molar-refractivity contribution in [3.8, 4) is 0 Å². The molecular formula is C10H20ClNO2. The van der Waals surface area contributed by atoms with Crippen LogP contribution in [0.2, 0.25) is 0 Å². The summed E-state index contributed by atoms with van der Waals surface area (Å²) in [6.45, 7) is 7.85. The van der Waals surface area contributed by atoms with Crippen LogP contribution in [0, 0.1) is 5.41 Å². The second-order valence-corrected chi connectivity index (χ2v) is 4.60. The van der Waals surface area contributed by atoms with Gasteiger partial charge in [0, 0.05) is 18.5 Å². The number of hydrogen-bond donors (Lipinski definition) is 1. The zero-order chi connectivity index (χ0) is 11.4. The minimum Gasteiger partial charge on any atom is -0.395 e. The van der Waals surface area contributed by atoms with Gasteiger partial charge >= 0.3 is 0 Å². The highest BCUT2D eigenvalue weighted by molar-refractivity contribution is 6.19. The van der Waals surface area contributed by atoms with E-state index >= 15 is 0 Å². The fourth-order valence-electron chi connectivity index (χ4n) is 1.15. The summed E-state index contributed by atoms with van der Waals surface area (Å²) in [6, 6.07) is 0.0946. The number of rotatable bonds is 5. The van der Waals surface area contributed by atoms with E-state index in [0.29, 0.717) is 12.4 Å². The van der Waals surface area contributed by atoms with Crippen LogP contribution in [0.3, 0.4) is 0 Å². The van der Waals surface area contributed by atoms with Gasteiger partial charge in [0.2, 0.25) is 5.91 Å². The van der Waals surface area contributed by atoms with Gasteiger partial charge in [-0.05, 0) is 27.7 Å². The van der Waals surface area contributed by atoms with Gasteiger partial charge in [-0.2, -0.15) is 0 Å². The van der Waals surface area contributed by atoms with Crippen molar-refractivity contribution in [1.29, 1.82) is 0 Å². The van der Waals surface area contributed by atoms with Gasteiger partial charge in [-0.15, -0.1) is 11.6 Å². The first kappa shape index (κ1) is 13.7. The molecule has 3 nitrogen and oxygen atoms in total. The third-order valence-electron chi connectivity index (χ3n) is 2.14. The number of aliphatic hydroxyl groups is 1. The largest absolute Gasteiger partial charge is 0.395 e. The molecule has 0 spiro atoms. The van der Waals surface area contributed by atoms with Gasteiger partial charge in [0.05, 0.1) is 12.0 Å². The summed E-state index contributed by atoms with van der Waals surface area (Å²) in [4.78, 5) is 13.6. The van der Waals surface area contributed by atoms with Crippen molar-refractivity contribution in [3.05, 3.63) is 0 Å². The first-order chi connectivity index (χ1) is 6.36. The fourth-order valence-corrected chi connectivity index (χ4v) is 1.26. The predicted octanol–water partition coefficient (Wildman–Crippen LogP) is 1.48. The predicted molar refractivity (Wildman–Crippen MR) is 58.4 cm³/mol. The van der Waals surface area contributed by atoms with Crippen molar-refractivity contribution in [3.63, 3.8) is 0 Å². The number of carbonyl (C=O) groups excluding carboxylic acids is 1. The van der Waals surface area contributed by atoms with Crippen LogP contribution in [0.1, 0.15) is 27.7 Å². The average Bonchev–Trinajstić information content (AvgIpc) is 2.12. The Morgan fingerprint density at radius 3 is 2.29 bits per heavy atom. The molecule has 4 heteroatoms. The standard InChI is InChI=1S/C10H20ClNO2/c1-8(2)12(5-6-13)9(14)10(3,4)7-11/h8,13H,5-7H2,1-4H3. The molecule has 1 amide bonds. The number of alkyl halides is 1. The van der Waals surface area contributed by atoms with E-state index in [-0.39, 0.29) is 18.6 Å². The highest BCUT2D eigenvalue weighted by Gasteiger charge is 2.31. The molecular weight excluding hydrogens is 202 g/mol. The summed E-state index contributed by atoms with van der Waals surface area (Å²) in [7, 11) is 0. The maximum atomic E-state index is 12.0. The van der Waals surface area contributed by atoms with Crippen molar-refractivity contribution in [2.24, 2.45) is 5.41 Å². The Balaban J connectivity index is 4.59. The van der Waals surface area contributed by atoms with Crippen molar-refractivity contribution in [2.75, 3.05) is 19.0 Å². The zero-order valence-corrected chi connectivity index (χ0v) is 10.1. The number of nitrogens with zero attached hydrogens (tertiary/aromatic N) is 1. The third-order valence-corrected chi connectivity index (χ3v) is 2.81. The van der Waals surface area contributed by atoms with Crippen LogP contribution in [0.25, 0.3) is 0 Å². The maximum absolute atomic E-state index is 12.0. The number of amides is 1. The third kappa shape index (κ3) is 3.46. The monoisotopic (exact) mass is 221 g/mol. The summed E-state index contributed by atoms with van der Waals surface area (Å²) in [5, 5.41) is 8.85. The summed E-state index contributed by atoms with van der Waals surface area (Å²) >= 11 is 5.73. The average molecular weight is 222 g/mol. The molecule has 0 rings (SSSR count). The topological polar surface area (TPSA) is 40.5 Å². The Morgan fingerprint density at radius 2 is 2.00 bits per heavy atom. The van der Waals surface area contributed by atoms with E-state index in [9.17, 15) is 4.79 Å². The summed E-state index contributed by atoms with van der Waals surface area (Å²) in [6.07, 6.45) is 0. The first-order valence-electron chi connectivity index (χ1n) is 4.84. The molecule has 0 aromatic heterocycles. The SMILES string of the molecule is CC(C)N(CCO)C(=O)C(C)(C)CCl. The molecule has 84 valence electrons. The number of halogens is 1. The van der Waals surface area contributed by atoms with Gasteiger partial charge < -0.3 is 10.0 Å². The zero-order valence-electron chi connectivity index (χ0n) is 9.38. The number of hydrogen-bond acceptors (Lipinski definition) is 2. The van der Waals surface area contributed by atoms with E-state index in [2.05, 4.69) is 0 Å². The van der Waals surface area contributed by atoms with Crippen LogP contribution in [-0.2, 0) is 4.79 Å². The molecule has 0 radical (unpaired) electrons. The molecule has 0 saturated carbocycles. The van der Waals surface area contributed by atoms with Crippen molar-refractivity contribution in [2.45, 2.75) is 33.7 Å². The number of aliphatic hydroxyl groups excluding tert-OH is 1. The summed E-state index contributed by atoms with van der Waals surface area (Å²) in [5.41, 5.74) is -0.555. The van der Waals surface area contributed by atoms with E-state index in [4.69, 9.17) is 16.7 Å². The normalized spacial score (nSPS) is 11.9.